The summed E-state index contributed by atoms with van der Waals surface area (Å²) in [5.74, 6) is -0.517. The van der Waals surface area contributed by atoms with E-state index in [1.807, 2.05) is 35.6 Å². The van der Waals surface area contributed by atoms with E-state index in [2.05, 4.69) is 12.6 Å². The van der Waals surface area contributed by atoms with Gasteiger partial charge in [-0.05, 0) is 5.56 Å². The van der Waals surface area contributed by atoms with Crippen LogP contribution in [-0.2, 0) is 16.1 Å². The third kappa shape index (κ3) is 4.51. The van der Waals surface area contributed by atoms with Gasteiger partial charge < -0.3 is 4.74 Å². The van der Waals surface area contributed by atoms with E-state index in [1.165, 1.54) is 0 Å². The molecule has 0 bridgehead atoms. The van der Waals surface area contributed by atoms with Gasteiger partial charge in [-0.15, -0.1) is 0 Å². The highest BCUT2D eigenvalue weighted by molar-refractivity contribution is 7.81. The Hall–Kier alpha value is -1.49. The number of thiol groups is 1. The van der Waals surface area contributed by atoms with Gasteiger partial charge in [0.15, 0.2) is 0 Å². The number of amides is 2. The summed E-state index contributed by atoms with van der Waals surface area (Å²) in [7, 11) is 0. The minimum absolute atomic E-state index is 0.0412. The SMILES string of the molecule is O=C(CS)NC(=O)OCc1ccccc1. The van der Waals surface area contributed by atoms with Gasteiger partial charge in [0.2, 0.25) is 5.91 Å². The second-order valence-corrected chi connectivity index (χ2v) is 3.08. The number of alkyl carbamates (subject to hydrolysis) is 1. The minimum atomic E-state index is -0.752. The van der Waals surface area contributed by atoms with E-state index in [4.69, 9.17) is 4.74 Å². The van der Waals surface area contributed by atoms with Gasteiger partial charge in [-0.25, -0.2) is 4.79 Å². The van der Waals surface area contributed by atoms with E-state index < -0.39 is 12.0 Å². The molecule has 4 nitrogen and oxygen atoms in total. The fourth-order valence-corrected chi connectivity index (χ4v) is 0.992. The minimum Gasteiger partial charge on any atom is -0.444 e. The van der Waals surface area contributed by atoms with Crippen molar-refractivity contribution in [1.82, 2.24) is 5.32 Å². The highest BCUT2D eigenvalue weighted by Crippen LogP contribution is 2.00. The van der Waals surface area contributed by atoms with Crippen LogP contribution in [0.15, 0.2) is 30.3 Å². The van der Waals surface area contributed by atoms with Gasteiger partial charge in [0.05, 0.1) is 5.75 Å². The second-order valence-electron chi connectivity index (χ2n) is 2.77. The molecule has 0 radical (unpaired) electrons. The average molecular weight is 225 g/mol. The summed E-state index contributed by atoms with van der Waals surface area (Å²) in [5.41, 5.74) is 0.867. The molecule has 1 rings (SSSR count). The molecule has 0 unspecified atom stereocenters. The fraction of sp³-hybridized carbons (Fsp3) is 0.200. The Morgan fingerprint density at radius 2 is 1.93 bits per heavy atom. The van der Waals surface area contributed by atoms with Crippen molar-refractivity contribution in [2.24, 2.45) is 0 Å². The second kappa shape index (κ2) is 6.08. The Morgan fingerprint density at radius 1 is 1.27 bits per heavy atom. The van der Waals surface area contributed by atoms with Crippen LogP contribution in [0.4, 0.5) is 4.79 Å². The molecule has 1 aromatic carbocycles. The molecule has 0 spiro atoms. The highest BCUT2D eigenvalue weighted by atomic mass is 32.1. The Labute approximate surface area is 93.0 Å². The maximum Gasteiger partial charge on any atom is 0.414 e. The van der Waals surface area contributed by atoms with E-state index in [0.717, 1.165) is 5.56 Å². The van der Waals surface area contributed by atoms with E-state index in [-0.39, 0.29) is 12.4 Å². The summed E-state index contributed by atoms with van der Waals surface area (Å²) in [6, 6.07) is 9.21. The van der Waals surface area contributed by atoms with Gasteiger partial charge >= 0.3 is 6.09 Å². The maximum absolute atomic E-state index is 11.0. The van der Waals surface area contributed by atoms with Crippen molar-refractivity contribution in [3.05, 3.63) is 35.9 Å². The lowest BCUT2D eigenvalue weighted by molar-refractivity contribution is -0.117. The monoisotopic (exact) mass is 225 g/mol. The molecule has 15 heavy (non-hydrogen) atoms. The number of rotatable bonds is 3. The van der Waals surface area contributed by atoms with E-state index in [0.29, 0.717) is 0 Å². The first-order chi connectivity index (χ1) is 7.22. The quantitative estimate of drug-likeness (QED) is 0.764. The molecule has 0 fully saturated rings. The van der Waals surface area contributed by atoms with Gasteiger partial charge in [0.25, 0.3) is 0 Å². The first-order valence-electron chi connectivity index (χ1n) is 4.34. The first-order valence-corrected chi connectivity index (χ1v) is 4.97. The van der Waals surface area contributed by atoms with Gasteiger partial charge in [-0.2, -0.15) is 12.6 Å². The molecular formula is C10H11NO3S. The van der Waals surface area contributed by atoms with Crippen molar-refractivity contribution in [3.63, 3.8) is 0 Å². The Bertz CT molecular complexity index is 340. The normalized spacial score (nSPS) is 9.40. The first kappa shape index (κ1) is 11.6. The van der Waals surface area contributed by atoms with Crippen molar-refractivity contribution in [2.75, 3.05) is 5.75 Å². The number of imide groups is 1. The summed E-state index contributed by atoms with van der Waals surface area (Å²) in [6.45, 7) is 0.145. The fourth-order valence-electron chi connectivity index (χ4n) is 0.913. The topological polar surface area (TPSA) is 55.4 Å². The third-order valence-corrected chi connectivity index (χ3v) is 1.89. The standard InChI is InChI=1S/C10H11NO3S/c12-9(7-15)11-10(13)14-6-8-4-2-1-3-5-8/h1-5,15H,6-7H2,(H,11,12,13). The molecule has 0 heterocycles. The smallest absolute Gasteiger partial charge is 0.414 e. The van der Waals surface area contributed by atoms with Crippen molar-refractivity contribution < 1.29 is 14.3 Å². The largest absolute Gasteiger partial charge is 0.444 e. The number of carbonyl (C=O) groups excluding carboxylic acids is 2. The van der Waals surface area contributed by atoms with E-state index >= 15 is 0 Å². The summed E-state index contributed by atoms with van der Waals surface area (Å²) in [6.07, 6.45) is -0.752. The number of carbonyl (C=O) groups is 2. The zero-order valence-electron chi connectivity index (χ0n) is 7.97. The molecule has 0 saturated heterocycles. The van der Waals surface area contributed by atoms with Crippen molar-refractivity contribution in [1.29, 1.82) is 0 Å². The van der Waals surface area contributed by atoms with E-state index in [1.54, 1.807) is 0 Å². The molecule has 0 aliphatic carbocycles. The van der Waals surface area contributed by atoms with Crippen LogP contribution in [0.5, 0.6) is 0 Å². The lowest BCUT2D eigenvalue weighted by Crippen LogP contribution is -2.31. The number of nitrogens with one attached hydrogen (secondary N) is 1. The van der Waals surface area contributed by atoms with Crippen LogP contribution in [0, 0.1) is 0 Å². The molecule has 1 N–H and O–H groups in total. The predicted molar refractivity (Wildman–Crippen MR) is 58.6 cm³/mol. The predicted octanol–water partition coefficient (Wildman–Crippen LogP) is 1.37. The van der Waals surface area contributed by atoms with Crippen LogP contribution in [0.3, 0.4) is 0 Å². The van der Waals surface area contributed by atoms with Crippen molar-refractivity contribution in [3.8, 4) is 0 Å². The molecule has 0 aliphatic rings. The molecular weight excluding hydrogens is 214 g/mol. The molecule has 0 aromatic heterocycles. The van der Waals surface area contributed by atoms with Crippen LogP contribution in [0.25, 0.3) is 0 Å². The molecule has 0 aliphatic heterocycles. The van der Waals surface area contributed by atoms with Crippen LogP contribution < -0.4 is 5.32 Å². The molecule has 0 saturated carbocycles. The molecule has 1 aromatic rings. The Balaban J connectivity index is 2.32. The maximum atomic E-state index is 11.0. The van der Waals surface area contributed by atoms with Gasteiger partial charge in [-0.3, -0.25) is 10.1 Å². The van der Waals surface area contributed by atoms with Crippen LogP contribution in [0.1, 0.15) is 5.56 Å². The Kier molecular flexibility index (Phi) is 4.70. The molecule has 80 valence electrons. The average Bonchev–Trinajstić information content (AvgIpc) is 2.27. The number of hydrogen-bond acceptors (Lipinski definition) is 4. The highest BCUT2D eigenvalue weighted by Gasteiger charge is 2.06. The lowest BCUT2D eigenvalue weighted by Gasteiger charge is -2.04. The zero-order chi connectivity index (χ0) is 11.1. The number of hydrogen-bond donors (Lipinski definition) is 2. The number of benzene rings is 1. The van der Waals surface area contributed by atoms with Crippen molar-refractivity contribution >= 4 is 24.6 Å². The third-order valence-electron chi connectivity index (χ3n) is 1.60. The molecule has 0 atom stereocenters. The zero-order valence-corrected chi connectivity index (χ0v) is 8.87. The lowest BCUT2D eigenvalue weighted by atomic mass is 10.2. The summed E-state index contributed by atoms with van der Waals surface area (Å²) in [4.78, 5) is 21.7. The number of ether oxygens (including phenoxy) is 1. The summed E-state index contributed by atoms with van der Waals surface area (Å²) < 4.78 is 4.80. The van der Waals surface area contributed by atoms with Crippen LogP contribution in [0.2, 0.25) is 0 Å². The Morgan fingerprint density at radius 3 is 2.53 bits per heavy atom. The van der Waals surface area contributed by atoms with Crippen LogP contribution >= 0.6 is 12.6 Å². The van der Waals surface area contributed by atoms with Gasteiger partial charge in [-0.1, -0.05) is 30.3 Å². The van der Waals surface area contributed by atoms with E-state index in [9.17, 15) is 9.59 Å². The van der Waals surface area contributed by atoms with Crippen molar-refractivity contribution in [2.45, 2.75) is 6.61 Å². The van der Waals surface area contributed by atoms with Gasteiger partial charge in [0, 0.05) is 0 Å². The van der Waals surface area contributed by atoms with Gasteiger partial charge in [0.1, 0.15) is 6.61 Å². The molecule has 5 heteroatoms. The summed E-state index contributed by atoms with van der Waals surface area (Å²) >= 11 is 3.71. The molecule has 2 amide bonds. The van der Waals surface area contributed by atoms with Crippen LogP contribution in [-0.4, -0.2) is 17.8 Å². The summed E-state index contributed by atoms with van der Waals surface area (Å²) in [5, 5.41) is 2.02.